The molecule has 5 fully saturated rings. The predicted molar refractivity (Wildman–Crippen MR) is 153 cm³/mol. The van der Waals surface area contributed by atoms with Gasteiger partial charge in [-0.15, -0.1) is 0 Å². The van der Waals surface area contributed by atoms with Crippen LogP contribution >= 0.6 is 45.2 Å². The molecular formula is C29H36I2O5. The predicted octanol–water partition coefficient (Wildman–Crippen LogP) is 6.54. The van der Waals surface area contributed by atoms with Gasteiger partial charge in [0, 0.05) is 28.9 Å². The maximum atomic E-state index is 13.1. The largest absolute Gasteiger partial charge is 0.445 e. The van der Waals surface area contributed by atoms with Crippen molar-refractivity contribution in [3.63, 3.8) is 0 Å². The van der Waals surface area contributed by atoms with E-state index in [2.05, 4.69) is 63.9 Å². The molecule has 0 heterocycles. The second kappa shape index (κ2) is 9.07. The van der Waals surface area contributed by atoms with Crippen molar-refractivity contribution in [3.05, 3.63) is 36.0 Å². The van der Waals surface area contributed by atoms with Crippen LogP contribution in [0.3, 0.4) is 0 Å². The van der Waals surface area contributed by atoms with Crippen molar-refractivity contribution >= 4 is 57.1 Å². The lowest BCUT2D eigenvalue weighted by atomic mass is 9.72. The summed E-state index contributed by atoms with van der Waals surface area (Å²) < 4.78 is 17.4. The number of esters is 2. The molecule has 6 bridgehead atoms. The SMILES string of the molecule is C=C(C)C(=O)OC1(I)CC2CCC1(COC/C=C(/C)C(=O)OC1(I)CC3CC1C1C4C=CC(C4)C31)C2. The topological polar surface area (TPSA) is 61.8 Å². The Hall–Kier alpha value is -0.420. The van der Waals surface area contributed by atoms with Crippen LogP contribution in [0.25, 0.3) is 0 Å². The summed E-state index contributed by atoms with van der Waals surface area (Å²) >= 11 is 4.78. The number of ether oxygens (including phenoxy) is 3. The second-order valence-corrected chi connectivity index (χ2v) is 16.0. The zero-order valence-electron chi connectivity index (χ0n) is 21.1. The van der Waals surface area contributed by atoms with Gasteiger partial charge in [-0.25, -0.2) is 9.59 Å². The van der Waals surface area contributed by atoms with E-state index in [1.807, 2.05) is 13.0 Å². The molecule has 0 radical (unpaired) electrons. The van der Waals surface area contributed by atoms with Gasteiger partial charge in [-0.3, -0.25) is 0 Å². The average Bonchev–Trinajstić information content (AvgIpc) is 3.63. The Morgan fingerprint density at radius 1 is 1.03 bits per heavy atom. The fourth-order valence-corrected chi connectivity index (χ4v) is 11.7. The highest BCUT2D eigenvalue weighted by atomic mass is 127. The first-order chi connectivity index (χ1) is 17.0. The van der Waals surface area contributed by atoms with Gasteiger partial charge in [0.15, 0.2) is 7.22 Å². The van der Waals surface area contributed by atoms with Crippen LogP contribution in [-0.2, 0) is 23.8 Å². The van der Waals surface area contributed by atoms with Crippen LogP contribution < -0.4 is 0 Å². The molecule has 0 aromatic heterocycles. The summed E-state index contributed by atoms with van der Waals surface area (Å²) in [6, 6.07) is 0. The van der Waals surface area contributed by atoms with Gasteiger partial charge in [0.05, 0.1) is 13.2 Å². The lowest BCUT2D eigenvalue weighted by Crippen LogP contribution is -2.46. The van der Waals surface area contributed by atoms with Crippen molar-refractivity contribution in [2.75, 3.05) is 13.2 Å². The molecule has 5 saturated carbocycles. The third kappa shape index (κ3) is 3.98. The first-order valence-corrected chi connectivity index (χ1v) is 15.6. The van der Waals surface area contributed by atoms with Crippen LogP contribution in [0.5, 0.6) is 0 Å². The molecular weight excluding hydrogens is 682 g/mol. The molecule has 10 atom stereocenters. The van der Waals surface area contributed by atoms with Crippen molar-refractivity contribution in [2.24, 2.45) is 46.8 Å². The molecule has 0 aromatic rings. The summed E-state index contributed by atoms with van der Waals surface area (Å²) in [7, 11) is 0. The number of rotatable bonds is 8. The molecule has 0 N–H and O–H groups in total. The normalized spacial score (nSPS) is 47.4. The van der Waals surface area contributed by atoms with Gasteiger partial charge in [-0.2, -0.15) is 0 Å². The molecule has 6 aliphatic rings. The van der Waals surface area contributed by atoms with Crippen molar-refractivity contribution < 1.29 is 23.8 Å². The van der Waals surface area contributed by atoms with E-state index in [4.69, 9.17) is 14.2 Å². The van der Waals surface area contributed by atoms with E-state index in [-0.39, 0.29) is 21.0 Å². The number of carbonyl (C=O) groups excluding carboxylic acids is 2. The number of fused-ring (bicyclic) bond motifs is 11. The van der Waals surface area contributed by atoms with E-state index in [1.54, 1.807) is 6.92 Å². The van der Waals surface area contributed by atoms with E-state index in [9.17, 15) is 9.59 Å². The molecule has 0 aromatic carbocycles. The average molecular weight is 718 g/mol. The Labute approximate surface area is 241 Å². The Bertz CT molecular complexity index is 1050. The van der Waals surface area contributed by atoms with Gasteiger partial charge < -0.3 is 14.2 Å². The van der Waals surface area contributed by atoms with Crippen molar-refractivity contribution in [2.45, 2.75) is 66.0 Å². The number of carbonyl (C=O) groups is 2. The highest BCUT2D eigenvalue weighted by Crippen LogP contribution is 2.70. The zero-order valence-corrected chi connectivity index (χ0v) is 25.5. The number of halogens is 2. The molecule has 5 nitrogen and oxygen atoms in total. The first-order valence-electron chi connectivity index (χ1n) is 13.5. The van der Waals surface area contributed by atoms with E-state index < -0.39 is 3.61 Å². The molecule has 6 aliphatic carbocycles. The van der Waals surface area contributed by atoms with E-state index in [1.165, 1.54) is 12.8 Å². The van der Waals surface area contributed by atoms with Crippen LogP contribution in [-0.4, -0.2) is 32.4 Å². The fraction of sp³-hybridized carbons (Fsp3) is 0.724. The maximum Gasteiger partial charge on any atom is 0.334 e. The molecule has 36 heavy (non-hydrogen) atoms. The summed E-state index contributed by atoms with van der Waals surface area (Å²) in [5, 5.41) is 0. The maximum absolute atomic E-state index is 13.1. The number of hydrogen-bond donors (Lipinski definition) is 0. The second-order valence-electron chi connectivity index (χ2n) is 12.5. The first kappa shape index (κ1) is 25.8. The van der Waals surface area contributed by atoms with Crippen LogP contribution in [0.2, 0.25) is 0 Å². The van der Waals surface area contributed by atoms with E-state index >= 15 is 0 Å². The Morgan fingerprint density at radius 3 is 2.50 bits per heavy atom. The van der Waals surface area contributed by atoms with Crippen LogP contribution in [0.4, 0.5) is 0 Å². The molecule has 6 rings (SSSR count). The van der Waals surface area contributed by atoms with Crippen molar-refractivity contribution in [1.29, 1.82) is 0 Å². The minimum atomic E-state index is -0.552. The highest BCUT2D eigenvalue weighted by Gasteiger charge is 2.67. The molecule has 0 amide bonds. The quantitative estimate of drug-likeness (QED) is 0.0543. The third-order valence-corrected chi connectivity index (χ3v) is 13.6. The van der Waals surface area contributed by atoms with Crippen LogP contribution in [0.1, 0.15) is 58.8 Å². The summed E-state index contributed by atoms with van der Waals surface area (Å²) in [5.41, 5.74) is 0.867. The summed E-state index contributed by atoms with van der Waals surface area (Å²) in [6.45, 7) is 8.14. The van der Waals surface area contributed by atoms with Gasteiger partial charge in [0.1, 0.15) is 0 Å². The van der Waals surface area contributed by atoms with Gasteiger partial charge in [-0.05, 0) is 139 Å². The molecule has 7 heteroatoms. The van der Waals surface area contributed by atoms with Crippen LogP contribution in [0, 0.1) is 46.8 Å². The third-order valence-electron chi connectivity index (χ3n) is 10.4. The zero-order chi connectivity index (χ0) is 25.5. The van der Waals surface area contributed by atoms with Gasteiger partial charge >= 0.3 is 11.9 Å². The Morgan fingerprint density at radius 2 is 1.78 bits per heavy atom. The number of allylic oxidation sites excluding steroid dienone is 2. The molecule has 196 valence electrons. The Balaban J connectivity index is 1.04. The number of hydrogen-bond acceptors (Lipinski definition) is 5. The smallest absolute Gasteiger partial charge is 0.334 e. The molecule has 0 aliphatic heterocycles. The van der Waals surface area contributed by atoms with Crippen molar-refractivity contribution in [3.8, 4) is 0 Å². The number of alkyl halides is 2. The summed E-state index contributed by atoms with van der Waals surface area (Å²) in [5.74, 6) is 4.20. The lowest BCUT2D eigenvalue weighted by molar-refractivity contribution is -0.156. The van der Waals surface area contributed by atoms with Gasteiger partial charge in [0.25, 0.3) is 0 Å². The van der Waals surface area contributed by atoms with Crippen LogP contribution in [0.15, 0.2) is 36.0 Å². The minimum absolute atomic E-state index is 0.174. The highest BCUT2D eigenvalue weighted by molar-refractivity contribution is 14.1. The van der Waals surface area contributed by atoms with E-state index in [0.717, 1.165) is 43.9 Å². The van der Waals surface area contributed by atoms with Gasteiger partial charge in [0.2, 0.25) is 0 Å². The van der Waals surface area contributed by atoms with E-state index in [0.29, 0.717) is 53.9 Å². The monoisotopic (exact) mass is 718 g/mol. The standard InChI is InChI=1S/C29H36I2O5/c1-16(2)25(32)36-29(31)13-18-6-8-27(29,12-18)15-34-9-7-17(3)26(33)35-28(30)14-21-11-22(28)24-20-5-4-19(10-20)23(21)24/h4-5,7,18-24H,1,6,8-15H2,2-3H3/b17-7-. The molecule has 0 spiro atoms. The lowest BCUT2D eigenvalue weighted by Gasteiger charge is -2.41. The minimum Gasteiger partial charge on any atom is -0.445 e. The fourth-order valence-electron chi connectivity index (χ4n) is 8.80. The van der Waals surface area contributed by atoms with Gasteiger partial charge in [-0.1, -0.05) is 18.7 Å². The summed E-state index contributed by atoms with van der Waals surface area (Å²) in [6.07, 6.45) is 14.3. The Kier molecular flexibility index (Phi) is 6.51. The molecule has 0 saturated heterocycles. The van der Waals surface area contributed by atoms with Crippen molar-refractivity contribution in [1.82, 2.24) is 0 Å². The molecule has 10 unspecified atom stereocenters. The summed E-state index contributed by atoms with van der Waals surface area (Å²) in [4.78, 5) is 25.4.